The second-order valence-corrected chi connectivity index (χ2v) is 9.63. The van der Waals surface area contributed by atoms with Crippen molar-refractivity contribution in [3.8, 4) is 5.88 Å². The van der Waals surface area contributed by atoms with E-state index in [2.05, 4.69) is 11.1 Å². The summed E-state index contributed by atoms with van der Waals surface area (Å²) in [6.07, 6.45) is 10.7. The number of aliphatic imine (C=N–C) groups is 1. The zero-order valence-corrected chi connectivity index (χ0v) is 19.6. The smallest absolute Gasteiger partial charge is 0.303 e. The van der Waals surface area contributed by atoms with Gasteiger partial charge in [-0.2, -0.15) is 0 Å². The quantitative estimate of drug-likeness (QED) is 0.260. The third-order valence-electron chi connectivity index (χ3n) is 5.56. The highest BCUT2D eigenvalue weighted by atomic mass is 32.1. The van der Waals surface area contributed by atoms with Crippen molar-refractivity contribution >= 4 is 52.6 Å². The first-order valence-corrected chi connectivity index (χ1v) is 12.2. The topological polar surface area (TPSA) is 74.8 Å². The van der Waals surface area contributed by atoms with Crippen LogP contribution in [-0.2, 0) is 11.3 Å². The molecule has 1 aliphatic heterocycles. The first kappa shape index (κ1) is 23.4. The summed E-state index contributed by atoms with van der Waals surface area (Å²) in [7, 11) is 0. The van der Waals surface area contributed by atoms with Crippen molar-refractivity contribution in [1.82, 2.24) is 4.57 Å². The fourth-order valence-electron chi connectivity index (χ4n) is 3.86. The summed E-state index contributed by atoms with van der Waals surface area (Å²) in [5, 5.41) is 19.4. The monoisotopic (exact) mass is 458 g/mol. The van der Waals surface area contributed by atoms with E-state index < -0.39 is 5.97 Å². The van der Waals surface area contributed by atoms with Crippen LogP contribution in [0.25, 0.3) is 11.6 Å². The number of aromatic hydroxyl groups is 1. The molecule has 3 rings (SSSR count). The average Bonchev–Trinajstić information content (AvgIpc) is 3.19. The number of fused-ring (bicyclic) bond motifs is 1. The Bertz CT molecular complexity index is 1030. The summed E-state index contributed by atoms with van der Waals surface area (Å²) in [5.74, 6) is -0.455. The number of carboxylic acids is 1. The van der Waals surface area contributed by atoms with Gasteiger partial charge in [0, 0.05) is 29.8 Å². The van der Waals surface area contributed by atoms with Crippen LogP contribution in [0.15, 0.2) is 29.3 Å². The van der Waals surface area contributed by atoms with E-state index in [1.807, 2.05) is 35.8 Å². The number of allylic oxidation sites excluding steroid dienone is 1. The first-order valence-electron chi connectivity index (χ1n) is 11.0. The highest BCUT2D eigenvalue weighted by Crippen LogP contribution is 2.38. The van der Waals surface area contributed by atoms with E-state index in [9.17, 15) is 9.90 Å². The molecule has 0 aliphatic carbocycles. The van der Waals surface area contributed by atoms with Crippen molar-refractivity contribution in [3.05, 3.63) is 38.7 Å². The first-order chi connectivity index (χ1) is 15.0. The van der Waals surface area contributed by atoms with Crippen LogP contribution < -0.4 is 0 Å². The van der Waals surface area contributed by atoms with Gasteiger partial charge in [0.25, 0.3) is 0 Å². The van der Waals surface area contributed by atoms with Crippen molar-refractivity contribution in [3.63, 3.8) is 0 Å². The van der Waals surface area contributed by atoms with E-state index in [-0.39, 0.29) is 12.3 Å². The molecule has 7 heteroatoms. The molecule has 31 heavy (non-hydrogen) atoms. The molecule has 0 saturated heterocycles. The Morgan fingerprint density at radius 2 is 1.74 bits per heavy atom. The molecule has 0 unspecified atom stereocenters. The SMILES string of the molecule is CC1=Nc2ccccc2/C1=C/c1sc(=S)n(CCCCCCCCCCC(=O)O)c1O. The van der Waals surface area contributed by atoms with Crippen LogP contribution in [0.3, 0.4) is 0 Å². The minimum atomic E-state index is -0.703. The molecule has 2 N–H and O–H groups in total. The summed E-state index contributed by atoms with van der Waals surface area (Å²) in [6, 6.07) is 8.04. The van der Waals surface area contributed by atoms with Crippen molar-refractivity contribution in [2.75, 3.05) is 0 Å². The Kier molecular flexibility index (Phi) is 8.60. The lowest BCUT2D eigenvalue weighted by molar-refractivity contribution is -0.137. The molecule has 0 atom stereocenters. The van der Waals surface area contributed by atoms with Gasteiger partial charge in [0.1, 0.15) is 0 Å². The van der Waals surface area contributed by atoms with E-state index in [1.165, 1.54) is 17.8 Å². The average molecular weight is 459 g/mol. The van der Waals surface area contributed by atoms with E-state index in [4.69, 9.17) is 17.3 Å². The van der Waals surface area contributed by atoms with E-state index in [1.54, 1.807) is 0 Å². The molecule has 1 aliphatic rings. The molecule has 0 amide bonds. The number of nitrogens with zero attached hydrogens (tertiary/aromatic N) is 2. The number of carbonyl (C=O) groups is 1. The molecule has 1 aromatic carbocycles. The van der Waals surface area contributed by atoms with Gasteiger partial charge >= 0.3 is 5.97 Å². The molecular weight excluding hydrogens is 428 g/mol. The Morgan fingerprint density at radius 1 is 1.10 bits per heavy atom. The highest BCUT2D eigenvalue weighted by molar-refractivity contribution is 7.73. The lowest BCUT2D eigenvalue weighted by atomic mass is 10.0. The van der Waals surface area contributed by atoms with Crippen molar-refractivity contribution < 1.29 is 15.0 Å². The minimum absolute atomic E-state index is 0.248. The van der Waals surface area contributed by atoms with Crippen molar-refractivity contribution in [2.45, 2.75) is 71.3 Å². The lowest BCUT2D eigenvalue weighted by Crippen LogP contribution is -1.97. The van der Waals surface area contributed by atoms with E-state index in [0.717, 1.165) is 78.9 Å². The largest absolute Gasteiger partial charge is 0.493 e. The van der Waals surface area contributed by atoms with Gasteiger partial charge in [0.2, 0.25) is 5.88 Å². The Balaban J connectivity index is 1.48. The lowest BCUT2D eigenvalue weighted by Gasteiger charge is -2.06. The van der Waals surface area contributed by atoms with Crippen LogP contribution in [0.2, 0.25) is 0 Å². The van der Waals surface area contributed by atoms with Gasteiger partial charge in [0.05, 0.1) is 10.6 Å². The predicted octanol–water partition coefficient (Wildman–Crippen LogP) is 7.23. The normalized spacial score (nSPS) is 14.1. The summed E-state index contributed by atoms with van der Waals surface area (Å²) < 4.78 is 2.54. The summed E-state index contributed by atoms with van der Waals surface area (Å²) in [6.45, 7) is 2.72. The van der Waals surface area contributed by atoms with Crippen LogP contribution >= 0.6 is 23.6 Å². The van der Waals surface area contributed by atoms with E-state index >= 15 is 0 Å². The maximum Gasteiger partial charge on any atom is 0.303 e. The number of thiazole rings is 1. The second-order valence-electron chi connectivity index (χ2n) is 7.95. The van der Waals surface area contributed by atoms with Crippen LogP contribution in [0.1, 0.15) is 75.2 Å². The fourth-order valence-corrected chi connectivity index (χ4v) is 5.16. The van der Waals surface area contributed by atoms with Gasteiger partial charge < -0.3 is 10.2 Å². The molecule has 0 saturated carbocycles. The summed E-state index contributed by atoms with van der Waals surface area (Å²) in [4.78, 5) is 15.9. The number of rotatable bonds is 12. The van der Waals surface area contributed by atoms with E-state index in [0.29, 0.717) is 3.95 Å². The van der Waals surface area contributed by atoms with Gasteiger partial charge in [-0.3, -0.25) is 14.4 Å². The Labute approximate surface area is 192 Å². The third kappa shape index (κ3) is 6.37. The number of carboxylic acid groups (broad SMARTS) is 1. The molecular formula is C24H30N2O3S2. The zero-order chi connectivity index (χ0) is 22.2. The van der Waals surface area contributed by atoms with Gasteiger partial charge in [-0.15, -0.1) is 11.3 Å². The Morgan fingerprint density at radius 3 is 2.45 bits per heavy atom. The van der Waals surface area contributed by atoms with Crippen molar-refractivity contribution in [2.24, 2.45) is 4.99 Å². The Hall–Kier alpha value is -2.25. The maximum absolute atomic E-state index is 10.7. The number of aliphatic carboxylic acids is 1. The van der Waals surface area contributed by atoms with Crippen LogP contribution in [0, 0.1) is 3.95 Å². The van der Waals surface area contributed by atoms with Gasteiger partial charge in [0.15, 0.2) is 3.95 Å². The zero-order valence-electron chi connectivity index (χ0n) is 18.0. The standard InChI is InChI=1S/C24H30N2O3S2/c1-17-19(18-12-9-10-13-20(18)25-17)16-21-23(29)26(24(30)31-21)15-11-7-5-3-2-4-6-8-14-22(27)28/h9-10,12-13,16,29H,2-8,11,14-15H2,1H3,(H,27,28)/b19-16+. The molecule has 0 bridgehead atoms. The molecule has 2 aromatic rings. The van der Waals surface area contributed by atoms with Gasteiger partial charge in [-0.05, 0) is 44.1 Å². The molecule has 2 heterocycles. The maximum atomic E-state index is 10.7. The molecule has 166 valence electrons. The van der Waals surface area contributed by atoms with Crippen molar-refractivity contribution in [1.29, 1.82) is 0 Å². The highest BCUT2D eigenvalue weighted by Gasteiger charge is 2.19. The van der Waals surface area contributed by atoms with Crippen LogP contribution in [-0.4, -0.2) is 26.5 Å². The minimum Gasteiger partial charge on any atom is -0.493 e. The fraction of sp³-hybridized carbons (Fsp3) is 0.458. The molecule has 0 fully saturated rings. The van der Waals surface area contributed by atoms with Gasteiger partial charge in [-0.25, -0.2) is 0 Å². The van der Waals surface area contributed by atoms with Crippen LogP contribution in [0.4, 0.5) is 5.69 Å². The summed E-state index contributed by atoms with van der Waals surface area (Å²) >= 11 is 6.95. The molecule has 5 nitrogen and oxygen atoms in total. The molecule has 0 radical (unpaired) electrons. The number of hydrogen-bond acceptors (Lipinski definition) is 5. The number of aromatic nitrogens is 1. The predicted molar refractivity (Wildman–Crippen MR) is 131 cm³/mol. The number of para-hydroxylation sites is 1. The van der Waals surface area contributed by atoms with Crippen LogP contribution in [0.5, 0.6) is 5.88 Å². The molecule has 0 spiro atoms. The number of unbranched alkanes of at least 4 members (excludes halogenated alkanes) is 7. The molecule has 1 aromatic heterocycles. The second kappa shape index (κ2) is 11.4. The summed E-state index contributed by atoms with van der Waals surface area (Å²) in [5.41, 5.74) is 4.05. The van der Waals surface area contributed by atoms with Gasteiger partial charge in [-0.1, -0.05) is 56.7 Å². The number of benzene rings is 1. The number of hydrogen-bond donors (Lipinski definition) is 2. The third-order valence-corrected chi connectivity index (χ3v) is 6.95.